The van der Waals surface area contributed by atoms with Crippen LogP contribution in [0.5, 0.6) is 0 Å². The minimum Gasteiger partial charge on any atom is -0.306 e. The number of nitrogens with zero attached hydrogens (tertiary/aromatic N) is 1. The van der Waals surface area contributed by atoms with Crippen molar-refractivity contribution in [3.8, 4) is 0 Å². The van der Waals surface area contributed by atoms with Gasteiger partial charge in [-0.05, 0) is 38.5 Å². The number of hydrogen-bond donors (Lipinski definition) is 1. The Morgan fingerprint density at radius 3 is 2.76 bits per heavy atom. The van der Waals surface area contributed by atoms with Gasteiger partial charge in [0, 0.05) is 17.5 Å². The first-order valence-electron chi connectivity index (χ1n) is 6.93. The molecule has 1 fully saturated rings. The predicted molar refractivity (Wildman–Crippen MR) is 74.3 cm³/mol. The normalized spacial score (nSPS) is 26.9. The molecule has 2 nitrogen and oxygen atoms in total. The SMILES string of the molecule is CCCC1CCC(NC(C)c2cscn2)CC1. The van der Waals surface area contributed by atoms with Gasteiger partial charge in [0.15, 0.2) is 0 Å². The van der Waals surface area contributed by atoms with Gasteiger partial charge in [-0.3, -0.25) is 0 Å². The van der Waals surface area contributed by atoms with Crippen molar-refractivity contribution in [1.29, 1.82) is 0 Å². The van der Waals surface area contributed by atoms with Crippen LogP contribution in [0.1, 0.15) is 64.1 Å². The highest BCUT2D eigenvalue weighted by Crippen LogP contribution is 2.29. The summed E-state index contributed by atoms with van der Waals surface area (Å²) >= 11 is 1.69. The monoisotopic (exact) mass is 252 g/mol. The van der Waals surface area contributed by atoms with Crippen LogP contribution in [0.4, 0.5) is 0 Å². The fourth-order valence-corrected chi connectivity index (χ4v) is 3.55. The Morgan fingerprint density at radius 2 is 2.18 bits per heavy atom. The zero-order valence-electron chi connectivity index (χ0n) is 11.0. The minimum absolute atomic E-state index is 0.411. The first-order valence-corrected chi connectivity index (χ1v) is 7.88. The Hall–Kier alpha value is -0.410. The molecule has 0 radical (unpaired) electrons. The Labute approximate surface area is 109 Å². The molecule has 0 spiro atoms. The van der Waals surface area contributed by atoms with Crippen molar-refractivity contribution in [3.63, 3.8) is 0 Å². The molecule has 1 aliphatic rings. The number of thiazole rings is 1. The lowest BCUT2D eigenvalue weighted by Crippen LogP contribution is -2.35. The van der Waals surface area contributed by atoms with Gasteiger partial charge in [-0.25, -0.2) is 4.98 Å². The Bertz CT molecular complexity index is 302. The van der Waals surface area contributed by atoms with Crippen LogP contribution in [-0.2, 0) is 0 Å². The first-order chi connectivity index (χ1) is 8.29. The number of hydrogen-bond acceptors (Lipinski definition) is 3. The summed E-state index contributed by atoms with van der Waals surface area (Å²) in [4.78, 5) is 4.38. The maximum Gasteiger partial charge on any atom is 0.0795 e. The molecule has 1 aliphatic carbocycles. The zero-order chi connectivity index (χ0) is 12.1. The van der Waals surface area contributed by atoms with Crippen molar-refractivity contribution in [2.45, 2.75) is 64.5 Å². The lowest BCUT2D eigenvalue weighted by atomic mass is 9.83. The molecule has 1 atom stereocenters. The van der Waals surface area contributed by atoms with Crippen molar-refractivity contribution >= 4 is 11.3 Å². The van der Waals surface area contributed by atoms with Crippen LogP contribution in [0, 0.1) is 5.92 Å². The first kappa shape index (κ1) is 13.0. The number of nitrogens with one attached hydrogen (secondary N) is 1. The fourth-order valence-electron chi connectivity index (χ4n) is 2.90. The van der Waals surface area contributed by atoms with E-state index in [4.69, 9.17) is 0 Å². The molecule has 3 heteroatoms. The molecule has 1 unspecified atom stereocenters. The van der Waals surface area contributed by atoms with Crippen molar-refractivity contribution in [2.24, 2.45) is 5.92 Å². The van der Waals surface area contributed by atoms with E-state index >= 15 is 0 Å². The van der Waals surface area contributed by atoms with E-state index in [9.17, 15) is 0 Å². The average molecular weight is 252 g/mol. The van der Waals surface area contributed by atoms with Crippen molar-refractivity contribution in [2.75, 3.05) is 0 Å². The summed E-state index contributed by atoms with van der Waals surface area (Å²) in [7, 11) is 0. The summed E-state index contributed by atoms with van der Waals surface area (Å²) in [5.41, 5.74) is 3.12. The third-order valence-electron chi connectivity index (χ3n) is 3.92. The third-order valence-corrected chi connectivity index (χ3v) is 4.53. The molecule has 1 aromatic rings. The summed E-state index contributed by atoms with van der Waals surface area (Å²) in [6.07, 6.45) is 8.29. The topological polar surface area (TPSA) is 24.9 Å². The lowest BCUT2D eigenvalue weighted by Gasteiger charge is -2.30. The molecule has 0 bridgehead atoms. The number of rotatable bonds is 5. The zero-order valence-corrected chi connectivity index (χ0v) is 11.8. The largest absolute Gasteiger partial charge is 0.306 e. The summed E-state index contributed by atoms with van der Waals surface area (Å²) in [6, 6.07) is 1.12. The number of aromatic nitrogens is 1. The lowest BCUT2D eigenvalue weighted by molar-refractivity contribution is 0.266. The van der Waals surface area contributed by atoms with Crippen LogP contribution < -0.4 is 5.32 Å². The van der Waals surface area contributed by atoms with Crippen LogP contribution in [0.2, 0.25) is 0 Å². The van der Waals surface area contributed by atoms with Gasteiger partial charge in [0.05, 0.1) is 11.2 Å². The van der Waals surface area contributed by atoms with E-state index in [0.717, 1.165) is 5.92 Å². The molecule has 0 amide bonds. The standard InChI is InChI=1S/C14H24N2S/c1-3-4-12-5-7-13(8-6-12)16-11(2)14-9-17-10-15-14/h9-13,16H,3-8H2,1-2H3. The van der Waals surface area contributed by atoms with Gasteiger partial charge in [0.1, 0.15) is 0 Å². The molecule has 1 heterocycles. The molecule has 0 aromatic carbocycles. The van der Waals surface area contributed by atoms with Gasteiger partial charge in [-0.2, -0.15) is 0 Å². The molecular formula is C14H24N2S. The van der Waals surface area contributed by atoms with Gasteiger partial charge < -0.3 is 5.32 Å². The maximum absolute atomic E-state index is 4.38. The quantitative estimate of drug-likeness (QED) is 0.851. The smallest absolute Gasteiger partial charge is 0.0795 e. The highest BCUT2D eigenvalue weighted by atomic mass is 32.1. The fraction of sp³-hybridized carbons (Fsp3) is 0.786. The van der Waals surface area contributed by atoms with E-state index in [1.807, 2.05) is 5.51 Å². The summed E-state index contributed by atoms with van der Waals surface area (Å²) in [6.45, 7) is 4.53. The predicted octanol–water partition coefficient (Wildman–Crippen LogP) is 4.15. The highest BCUT2D eigenvalue weighted by molar-refractivity contribution is 7.07. The van der Waals surface area contributed by atoms with Crippen molar-refractivity contribution in [3.05, 3.63) is 16.6 Å². The molecular weight excluding hydrogens is 228 g/mol. The Kier molecular flexibility index (Phi) is 4.99. The van der Waals surface area contributed by atoms with Crippen LogP contribution >= 0.6 is 11.3 Å². The van der Waals surface area contributed by atoms with E-state index < -0.39 is 0 Å². The molecule has 1 aromatic heterocycles. The van der Waals surface area contributed by atoms with Crippen LogP contribution in [0.3, 0.4) is 0 Å². The Morgan fingerprint density at radius 1 is 1.41 bits per heavy atom. The molecule has 0 aliphatic heterocycles. The van der Waals surface area contributed by atoms with Gasteiger partial charge in [-0.15, -0.1) is 11.3 Å². The minimum atomic E-state index is 0.411. The van der Waals surface area contributed by atoms with E-state index in [1.54, 1.807) is 11.3 Å². The summed E-state index contributed by atoms with van der Waals surface area (Å²) < 4.78 is 0. The van der Waals surface area contributed by atoms with Crippen LogP contribution in [-0.4, -0.2) is 11.0 Å². The molecule has 1 N–H and O–H groups in total. The van der Waals surface area contributed by atoms with Crippen molar-refractivity contribution < 1.29 is 0 Å². The maximum atomic E-state index is 4.38. The average Bonchev–Trinajstić information content (AvgIpc) is 2.86. The molecule has 0 saturated heterocycles. The Balaban J connectivity index is 1.74. The molecule has 96 valence electrons. The van der Waals surface area contributed by atoms with Gasteiger partial charge in [-0.1, -0.05) is 19.8 Å². The summed E-state index contributed by atoms with van der Waals surface area (Å²) in [5, 5.41) is 5.88. The highest BCUT2D eigenvalue weighted by Gasteiger charge is 2.22. The van der Waals surface area contributed by atoms with Crippen molar-refractivity contribution in [1.82, 2.24) is 10.3 Å². The molecule has 17 heavy (non-hydrogen) atoms. The third kappa shape index (κ3) is 3.78. The second kappa shape index (κ2) is 6.50. The van der Waals surface area contributed by atoms with Gasteiger partial charge in [0.25, 0.3) is 0 Å². The van der Waals surface area contributed by atoms with E-state index in [0.29, 0.717) is 12.1 Å². The van der Waals surface area contributed by atoms with Crippen LogP contribution in [0.15, 0.2) is 10.9 Å². The summed E-state index contributed by atoms with van der Waals surface area (Å²) in [5.74, 6) is 0.993. The van der Waals surface area contributed by atoms with Gasteiger partial charge in [0.2, 0.25) is 0 Å². The molecule has 2 rings (SSSR count). The van der Waals surface area contributed by atoms with Gasteiger partial charge >= 0.3 is 0 Å². The molecule has 1 saturated carbocycles. The second-order valence-electron chi connectivity index (χ2n) is 5.31. The van der Waals surface area contributed by atoms with E-state index in [-0.39, 0.29) is 0 Å². The van der Waals surface area contributed by atoms with E-state index in [2.05, 4.69) is 29.5 Å². The second-order valence-corrected chi connectivity index (χ2v) is 6.03. The van der Waals surface area contributed by atoms with Crippen LogP contribution in [0.25, 0.3) is 0 Å². The van der Waals surface area contributed by atoms with E-state index in [1.165, 1.54) is 44.2 Å².